The molecule has 2 aliphatic rings. The fourth-order valence-electron chi connectivity index (χ4n) is 3.56. The Morgan fingerprint density at radius 2 is 1.87 bits per heavy atom. The zero-order valence-corrected chi connectivity index (χ0v) is 16.8. The number of hydrogen-bond donors (Lipinski definition) is 0. The smallest absolute Gasteiger partial charge is 0.446 e. The molecule has 0 unspecified atom stereocenters. The fourth-order valence-corrected chi connectivity index (χ4v) is 4.09. The van der Waals surface area contributed by atoms with Crippen LogP contribution in [-0.2, 0) is 11.3 Å². The molecular weight excluding hydrogens is 419 g/mol. The fraction of sp³-hybridized carbons (Fsp3) is 0.350. The van der Waals surface area contributed by atoms with Crippen LogP contribution >= 0.6 is 11.8 Å². The summed E-state index contributed by atoms with van der Waals surface area (Å²) in [5.41, 5.74) is -4.31. The quantitative estimate of drug-likeness (QED) is 0.489. The van der Waals surface area contributed by atoms with Crippen LogP contribution in [0.5, 0.6) is 5.75 Å². The second kappa shape index (κ2) is 7.50. The van der Waals surface area contributed by atoms with Crippen molar-refractivity contribution >= 4 is 29.4 Å². The van der Waals surface area contributed by atoms with Gasteiger partial charge in [0, 0.05) is 16.7 Å². The molecule has 1 aliphatic carbocycles. The van der Waals surface area contributed by atoms with E-state index < -0.39 is 17.1 Å². The van der Waals surface area contributed by atoms with E-state index in [9.17, 15) is 22.8 Å². The van der Waals surface area contributed by atoms with Crippen LogP contribution in [-0.4, -0.2) is 39.5 Å². The van der Waals surface area contributed by atoms with Crippen molar-refractivity contribution in [3.8, 4) is 5.75 Å². The molecule has 4 rings (SSSR count). The van der Waals surface area contributed by atoms with Gasteiger partial charge in [0.25, 0.3) is 5.91 Å². The molecule has 0 bridgehead atoms. The van der Waals surface area contributed by atoms with Crippen LogP contribution in [0.25, 0.3) is 0 Å². The molecule has 0 N–H and O–H groups in total. The molecule has 158 valence electrons. The van der Waals surface area contributed by atoms with E-state index in [0.29, 0.717) is 25.2 Å². The van der Waals surface area contributed by atoms with Gasteiger partial charge in [0.15, 0.2) is 0 Å². The topological polar surface area (TPSA) is 62.7 Å². The lowest BCUT2D eigenvalue weighted by Crippen LogP contribution is -2.36. The number of amides is 3. The number of halogens is 3. The molecule has 1 saturated heterocycles. The molecule has 10 heteroatoms. The number of carbonyl (C=O) groups excluding carboxylic acids is 2. The summed E-state index contributed by atoms with van der Waals surface area (Å²) in [6, 6.07) is 6.49. The molecule has 1 aromatic heterocycles. The normalized spacial score (nSPS) is 17.7. The molecule has 2 fully saturated rings. The third-order valence-corrected chi connectivity index (χ3v) is 5.83. The highest BCUT2D eigenvalue weighted by Crippen LogP contribution is 2.50. The number of aromatic nitrogens is 1. The number of hydrogen-bond acceptors (Lipinski definition) is 5. The van der Waals surface area contributed by atoms with Gasteiger partial charge in [-0.3, -0.25) is 9.78 Å². The third-order valence-electron chi connectivity index (χ3n) is 5.09. The molecule has 2 heterocycles. The lowest BCUT2D eigenvalue weighted by atomic mass is 10.2. The van der Waals surface area contributed by atoms with E-state index in [4.69, 9.17) is 4.74 Å². The van der Waals surface area contributed by atoms with Crippen molar-refractivity contribution in [2.75, 3.05) is 11.5 Å². The van der Waals surface area contributed by atoms with E-state index >= 15 is 0 Å². The summed E-state index contributed by atoms with van der Waals surface area (Å²) in [4.78, 5) is 32.8. The molecular formula is C20H18F3N3O3S. The van der Waals surface area contributed by atoms with Gasteiger partial charge in [-0.05, 0) is 61.9 Å². The molecule has 0 radical (unpaired) electrons. The molecule has 30 heavy (non-hydrogen) atoms. The Bertz CT molecular complexity index is 977. The van der Waals surface area contributed by atoms with Gasteiger partial charge in [0.05, 0.1) is 25.0 Å². The number of imide groups is 1. The van der Waals surface area contributed by atoms with Crippen molar-refractivity contribution < 1.29 is 27.5 Å². The Morgan fingerprint density at radius 1 is 1.17 bits per heavy atom. The minimum Gasteiger partial charge on any atom is -0.492 e. The summed E-state index contributed by atoms with van der Waals surface area (Å²) in [5, 5.41) is 0. The lowest BCUT2D eigenvalue weighted by Gasteiger charge is -2.22. The van der Waals surface area contributed by atoms with E-state index in [1.165, 1.54) is 29.2 Å². The average molecular weight is 437 g/mol. The zero-order chi connectivity index (χ0) is 21.5. The third kappa shape index (κ3) is 3.71. The number of thioether (sulfide) groups is 1. The van der Waals surface area contributed by atoms with Crippen molar-refractivity contribution in [3.63, 3.8) is 0 Å². The first-order valence-electron chi connectivity index (χ1n) is 9.33. The van der Waals surface area contributed by atoms with Gasteiger partial charge < -0.3 is 9.64 Å². The monoisotopic (exact) mass is 437 g/mol. The zero-order valence-electron chi connectivity index (χ0n) is 16.0. The Labute approximate surface area is 175 Å². The van der Waals surface area contributed by atoms with Crippen molar-refractivity contribution in [1.29, 1.82) is 0 Å². The van der Waals surface area contributed by atoms with Crippen LogP contribution < -0.4 is 9.64 Å². The first kappa shape index (κ1) is 20.5. The van der Waals surface area contributed by atoms with Crippen LogP contribution in [0.15, 0.2) is 47.6 Å². The summed E-state index contributed by atoms with van der Waals surface area (Å²) < 4.78 is 43.2. The number of alkyl halides is 3. The largest absolute Gasteiger partial charge is 0.492 e. The molecule has 1 saturated carbocycles. The molecule has 3 amide bonds. The average Bonchev–Trinajstić information content (AvgIpc) is 3.46. The number of anilines is 1. The highest BCUT2D eigenvalue weighted by molar-refractivity contribution is 8.00. The second-order valence-corrected chi connectivity index (χ2v) is 8.14. The lowest BCUT2D eigenvalue weighted by molar-refractivity contribution is -0.120. The van der Waals surface area contributed by atoms with Crippen LogP contribution in [0.3, 0.4) is 0 Å². The SMILES string of the molecule is CCOc1cnccc1CN1C(=O)N(c2ccc(SC(F)(F)F)cc2)C(=O)C12CC2. The highest BCUT2D eigenvalue weighted by Gasteiger charge is 2.65. The van der Waals surface area contributed by atoms with Crippen molar-refractivity contribution in [3.05, 3.63) is 48.3 Å². The van der Waals surface area contributed by atoms with E-state index in [2.05, 4.69) is 4.98 Å². The summed E-state index contributed by atoms with van der Waals surface area (Å²) in [6.45, 7) is 2.46. The van der Waals surface area contributed by atoms with Crippen LogP contribution in [0.4, 0.5) is 23.7 Å². The number of urea groups is 1. The van der Waals surface area contributed by atoms with Crippen molar-refractivity contribution in [2.24, 2.45) is 0 Å². The van der Waals surface area contributed by atoms with Gasteiger partial charge in [-0.2, -0.15) is 13.2 Å². The van der Waals surface area contributed by atoms with Crippen LogP contribution in [0.2, 0.25) is 0 Å². The minimum atomic E-state index is -4.40. The van der Waals surface area contributed by atoms with Gasteiger partial charge >= 0.3 is 11.5 Å². The minimum absolute atomic E-state index is 0.0125. The van der Waals surface area contributed by atoms with Gasteiger partial charge in [-0.1, -0.05) is 0 Å². The maximum Gasteiger partial charge on any atom is 0.446 e. The van der Waals surface area contributed by atoms with Gasteiger partial charge in [-0.25, -0.2) is 9.69 Å². The second-order valence-electron chi connectivity index (χ2n) is 7.00. The Hall–Kier alpha value is -2.75. The first-order chi connectivity index (χ1) is 14.2. The summed E-state index contributed by atoms with van der Waals surface area (Å²) in [6.07, 6.45) is 4.25. The molecule has 1 aromatic carbocycles. The molecule has 2 aromatic rings. The molecule has 6 nitrogen and oxygen atoms in total. The summed E-state index contributed by atoms with van der Waals surface area (Å²) in [7, 11) is 0. The van der Waals surface area contributed by atoms with Gasteiger partial charge in [-0.15, -0.1) is 0 Å². The number of carbonyl (C=O) groups is 2. The Kier molecular flexibility index (Phi) is 5.13. The van der Waals surface area contributed by atoms with E-state index in [1.807, 2.05) is 6.92 Å². The van der Waals surface area contributed by atoms with E-state index in [1.54, 1.807) is 18.5 Å². The highest BCUT2D eigenvalue weighted by atomic mass is 32.2. The Balaban J connectivity index is 1.59. The first-order valence-corrected chi connectivity index (χ1v) is 10.1. The predicted octanol–water partition coefficient (Wildman–Crippen LogP) is 4.59. The number of ether oxygens (including phenoxy) is 1. The maximum atomic E-state index is 13.1. The standard InChI is InChI=1S/C20H18F3N3O3S/c1-2-29-16-11-24-10-7-13(16)12-25-18(28)26(17(27)19(25)8-9-19)14-3-5-15(6-4-14)30-20(21,22)23/h3-7,10-11H,2,8-9,12H2,1H3. The molecule has 1 spiro atoms. The number of rotatable bonds is 6. The van der Waals surface area contributed by atoms with Crippen LogP contribution in [0, 0.1) is 0 Å². The van der Waals surface area contributed by atoms with Crippen molar-refractivity contribution in [1.82, 2.24) is 9.88 Å². The van der Waals surface area contributed by atoms with E-state index in [0.717, 1.165) is 10.5 Å². The summed E-state index contributed by atoms with van der Waals surface area (Å²) in [5.74, 6) is 0.193. The van der Waals surface area contributed by atoms with Gasteiger partial charge in [0.2, 0.25) is 0 Å². The maximum absolute atomic E-state index is 13.1. The predicted molar refractivity (Wildman–Crippen MR) is 104 cm³/mol. The van der Waals surface area contributed by atoms with Gasteiger partial charge in [0.1, 0.15) is 11.3 Å². The number of benzene rings is 1. The van der Waals surface area contributed by atoms with Crippen LogP contribution in [0.1, 0.15) is 25.3 Å². The molecule has 1 aliphatic heterocycles. The van der Waals surface area contributed by atoms with E-state index in [-0.39, 0.29) is 34.8 Å². The number of pyridine rings is 1. The summed E-state index contributed by atoms with van der Waals surface area (Å²) >= 11 is -0.244. The Morgan fingerprint density at radius 3 is 2.47 bits per heavy atom. The number of nitrogens with zero attached hydrogens (tertiary/aromatic N) is 3. The van der Waals surface area contributed by atoms with Crippen molar-refractivity contribution in [2.45, 2.75) is 42.3 Å². The molecule has 0 atom stereocenters.